The second kappa shape index (κ2) is 5.69. The molecule has 0 aliphatic rings. The fourth-order valence-electron chi connectivity index (χ4n) is 1.51. The van der Waals surface area contributed by atoms with Gasteiger partial charge < -0.3 is 4.74 Å². The van der Waals surface area contributed by atoms with Crippen LogP contribution in [0.1, 0.15) is 16.7 Å². The molecule has 1 aromatic heterocycles. The van der Waals surface area contributed by atoms with Crippen molar-refractivity contribution in [1.29, 1.82) is 0 Å². The number of hydrogen-bond acceptors (Lipinski definition) is 2. The van der Waals surface area contributed by atoms with E-state index in [0.29, 0.717) is 18.4 Å². The Morgan fingerprint density at radius 1 is 1.24 bits per heavy atom. The molecule has 1 aromatic carbocycles. The van der Waals surface area contributed by atoms with Gasteiger partial charge in [0.1, 0.15) is 6.61 Å². The minimum Gasteiger partial charge on any atom is -0.473 e. The zero-order valence-electron chi connectivity index (χ0n) is 9.69. The molecule has 0 fully saturated rings. The van der Waals surface area contributed by atoms with E-state index in [1.54, 1.807) is 6.20 Å². The molecule has 0 unspecified atom stereocenters. The zero-order chi connectivity index (χ0) is 12.1. The number of nitrogens with zero attached hydrogens (tertiary/aromatic N) is 1. The summed E-state index contributed by atoms with van der Waals surface area (Å²) in [6.07, 6.45) is 1.77. The number of alkyl halides is 1. The quantitative estimate of drug-likeness (QED) is 0.769. The lowest BCUT2D eigenvalue weighted by Gasteiger charge is -2.07. The van der Waals surface area contributed by atoms with Gasteiger partial charge in [0.2, 0.25) is 5.88 Å². The van der Waals surface area contributed by atoms with Crippen molar-refractivity contribution >= 4 is 11.6 Å². The van der Waals surface area contributed by atoms with E-state index in [0.717, 1.165) is 16.7 Å². The van der Waals surface area contributed by atoms with Crippen molar-refractivity contribution in [3.8, 4) is 5.88 Å². The SMILES string of the molecule is Cc1cc(OCc2ccccc2)ncc1CCl. The Hall–Kier alpha value is -1.54. The number of aryl methyl sites for hydroxylation is 1. The largest absolute Gasteiger partial charge is 0.473 e. The monoisotopic (exact) mass is 247 g/mol. The van der Waals surface area contributed by atoms with E-state index in [9.17, 15) is 0 Å². The summed E-state index contributed by atoms with van der Waals surface area (Å²) in [4.78, 5) is 4.22. The Labute approximate surface area is 106 Å². The number of rotatable bonds is 4. The molecule has 0 radical (unpaired) electrons. The van der Waals surface area contributed by atoms with Crippen LogP contribution in [-0.4, -0.2) is 4.98 Å². The highest BCUT2D eigenvalue weighted by molar-refractivity contribution is 6.17. The maximum Gasteiger partial charge on any atom is 0.213 e. The standard InChI is InChI=1S/C14H14ClNO/c1-11-7-14(16-9-13(11)8-15)17-10-12-5-3-2-4-6-12/h2-7,9H,8,10H2,1H3. The van der Waals surface area contributed by atoms with Crippen LogP contribution < -0.4 is 4.74 Å². The van der Waals surface area contributed by atoms with Crippen LogP contribution in [0.3, 0.4) is 0 Å². The van der Waals surface area contributed by atoms with Gasteiger partial charge in [-0.1, -0.05) is 30.3 Å². The van der Waals surface area contributed by atoms with Gasteiger partial charge in [-0.2, -0.15) is 0 Å². The van der Waals surface area contributed by atoms with Crippen LogP contribution in [0.2, 0.25) is 0 Å². The van der Waals surface area contributed by atoms with E-state index in [4.69, 9.17) is 16.3 Å². The van der Waals surface area contributed by atoms with E-state index >= 15 is 0 Å². The predicted molar refractivity (Wildman–Crippen MR) is 69.3 cm³/mol. The van der Waals surface area contributed by atoms with Crippen molar-refractivity contribution in [3.05, 3.63) is 59.3 Å². The normalized spacial score (nSPS) is 10.2. The first-order valence-corrected chi connectivity index (χ1v) is 6.01. The maximum absolute atomic E-state index is 5.78. The van der Waals surface area contributed by atoms with Crippen molar-refractivity contribution in [2.45, 2.75) is 19.4 Å². The summed E-state index contributed by atoms with van der Waals surface area (Å²) in [5.74, 6) is 1.12. The molecule has 3 heteroatoms. The van der Waals surface area contributed by atoms with Crippen molar-refractivity contribution in [2.75, 3.05) is 0 Å². The highest BCUT2D eigenvalue weighted by Gasteiger charge is 2.01. The van der Waals surface area contributed by atoms with Gasteiger partial charge in [-0.25, -0.2) is 4.98 Å². The average molecular weight is 248 g/mol. The highest BCUT2D eigenvalue weighted by atomic mass is 35.5. The number of pyridine rings is 1. The van der Waals surface area contributed by atoms with Crippen LogP contribution in [0.15, 0.2) is 42.6 Å². The molecular weight excluding hydrogens is 234 g/mol. The summed E-state index contributed by atoms with van der Waals surface area (Å²) in [7, 11) is 0. The first-order chi connectivity index (χ1) is 8.29. The minimum absolute atomic E-state index is 0.484. The van der Waals surface area contributed by atoms with Crippen LogP contribution in [0, 0.1) is 6.92 Å². The summed E-state index contributed by atoms with van der Waals surface area (Å²) in [5.41, 5.74) is 3.28. The van der Waals surface area contributed by atoms with Gasteiger partial charge >= 0.3 is 0 Å². The first kappa shape index (κ1) is 11.9. The van der Waals surface area contributed by atoms with Gasteiger partial charge in [-0.3, -0.25) is 0 Å². The number of benzene rings is 1. The first-order valence-electron chi connectivity index (χ1n) is 5.48. The second-order valence-electron chi connectivity index (χ2n) is 3.86. The Morgan fingerprint density at radius 2 is 2.00 bits per heavy atom. The fraction of sp³-hybridized carbons (Fsp3) is 0.214. The van der Waals surface area contributed by atoms with Crippen molar-refractivity contribution < 1.29 is 4.74 Å². The third kappa shape index (κ3) is 3.21. The molecule has 0 aliphatic carbocycles. The molecule has 2 rings (SSSR count). The molecule has 0 N–H and O–H groups in total. The van der Waals surface area contributed by atoms with Gasteiger partial charge in [-0.05, 0) is 23.6 Å². The van der Waals surface area contributed by atoms with E-state index in [2.05, 4.69) is 4.98 Å². The van der Waals surface area contributed by atoms with Crippen molar-refractivity contribution in [1.82, 2.24) is 4.98 Å². The third-order valence-electron chi connectivity index (χ3n) is 2.57. The van der Waals surface area contributed by atoms with Gasteiger partial charge in [0.25, 0.3) is 0 Å². The van der Waals surface area contributed by atoms with Crippen LogP contribution in [0.25, 0.3) is 0 Å². The molecule has 0 amide bonds. The maximum atomic E-state index is 5.78. The lowest BCUT2D eigenvalue weighted by atomic mass is 10.2. The molecular formula is C14H14ClNO. The van der Waals surface area contributed by atoms with E-state index in [-0.39, 0.29) is 0 Å². The van der Waals surface area contributed by atoms with Crippen LogP contribution in [0.5, 0.6) is 5.88 Å². The Morgan fingerprint density at radius 3 is 2.65 bits per heavy atom. The van der Waals surface area contributed by atoms with E-state index < -0.39 is 0 Å². The average Bonchev–Trinajstić information content (AvgIpc) is 2.38. The fourth-order valence-corrected chi connectivity index (χ4v) is 1.79. The highest BCUT2D eigenvalue weighted by Crippen LogP contribution is 2.16. The summed E-state index contributed by atoms with van der Waals surface area (Å²) < 4.78 is 5.62. The van der Waals surface area contributed by atoms with E-state index in [1.165, 1.54) is 0 Å². The number of halogens is 1. The van der Waals surface area contributed by atoms with Gasteiger partial charge in [0.05, 0.1) is 0 Å². The van der Waals surface area contributed by atoms with Crippen molar-refractivity contribution in [3.63, 3.8) is 0 Å². The van der Waals surface area contributed by atoms with E-state index in [1.807, 2.05) is 43.3 Å². The van der Waals surface area contributed by atoms with Gasteiger partial charge in [0, 0.05) is 18.1 Å². The summed E-state index contributed by atoms with van der Waals surface area (Å²) in [5, 5.41) is 0. The molecule has 88 valence electrons. The Balaban J connectivity index is 2.02. The third-order valence-corrected chi connectivity index (χ3v) is 2.86. The molecule has 1 heterocycles. The van der Waals surface area contributed by atoms with Crippen LogP contribution in [0.4, 0.5) is 0 Å². The van der Waals surface area contributed by atoms with Crippen LogP contribution >= 0.6 is 11.6 Å². The smallest absolute Gasteiger partial charge is 0.213 e. The Kier molecular flexibility index (Phi) is 3.99. The summed E-state index contributed by atoms with van der Waals surface area (Å²) in [6, 6.07) is 11.9. The summed E-state index contributed by atoms with van der Waals surface area (Å²) in [6.45, 7) is 2.54. The lowest BCUT2D eigenvalue weighted by molar-refractivity contribution is 0.293. The molecule has 2 aromatic rings. The molecule has 0 atom stereocenters. The van der Waals surface area contributed by atoms with Crippen LogP contribution in [-0.2, 0) is 12.5 Å². The molecule has 0 saturated heterocycles. The van der Waals surface area contributed by atoms with Gasteiger partial charge in [-0.15, -0.1) is 11.6 Å². The topological polar surface area (TPSA) is 22.1 Å². The molecule has 0 bridgehead atoms. The minimum atomic E-state index is 0.484. The predicted octanol–water partition coefficient (Wildman–Crippen LogP) is 3.71. The molecule has 0 spiro atoms. The number of aromatic nitrogens is 1. The molecule has 0 aliphatic heterocycles. The molecule has 2 nitrogen and oxygen atoms in total. The number of hydrogen-bond donors (Lipinski definition) is 0. The Bertz CT molecular complexity index is 485. The zero-order valence-corrected chi connectivity index (χ0v) is 10.4. The second-order valence-corrected chi connectivity index (χ2v) is 4.12. The van der Waals surface area contributed by atoms with Gasteiger partial charge in [0.15, 0.2) is 0 Å². The van der Waals surface area contributed by atoms with Crippen molar-refractivity contribution in [2.24, 2.45) is 0 Å². The molecule has 17 heavy (non-hydrogen) atoms. The summed E-state index contributed by atoms with van der Waals surface area (Å²) >= 11 is 5.78. The lowest BCUT2D eigenvalue weighted by Crippen LogP contribution is -1.98. The molecule has 0 saturated carbocycles. The number of ether oxygens (including phenoxy) is 1.